The lowest BCUT2D eigenvalue weighted by Crippen LogP contribution is -2.50. The van der Waals surface area contributed by atoms with Gasteiger partial charge in [-0.05, 0) is 19.1 Å². The first-order valence-corrected chi connectivity index (χ1v) is 7.87. The second-order valence-corrected chi connectivity index (χ2v) is 6.38. The van der Waals surface area contributed by atoms with E-state index in [0.717, 1.165) is 0 Å². The zero-order chi connectivity index (χ0) is 15.9. The minimum absolute atomic E-state index is 0.129. The van der Waals surface area contributed by atoms with Gasteiger partial charge in [0.15, 0.2) is 10.9 Å². The molecule has 3 rings (SSSR count). The lowest BCUT2D eigenvalue weighted by atomic mass is 10.1. The fourth-order valence-corrected chi connectivity index (χ4v) is 3.47. The van der Waals surface area contributed by atoms with Crippen LogP contribution >= 0.6 is 11.8 Å². The maximum absolute atomic E-state index is 11.8. The molecule has 0 aliphatic carbocycles. The van der Waals surface area contributed by atoms with Gasteiger partial charge in [0, 0.05) is 17.9 Å². The van der Waals surface area contributed by atoms with E-state index < -0.39 is 23.7 Å². The Balaban J connectivity index is 1.87. The van der Waals surface area contributed by atoms with Crippen LogP contribution in [0.3, 0.4) is 0 Å². The monoisotopic (exact) mass is 324 g/mol. The Labute approximate surface area is 130 Å². The molecule has 0 saturated carbocycles. The minimum Gasteiger partial charge on any atom is -0.477 e. The number of rotatable bonds is 2. The lowest BCUT2D eigenvalue weighted by Gasteiger charge is -2.34. The van der Waals surface area contributed by atoms with E-state index in [9.17, 15) is 20.1 Å². The Hall–Kier alpha value is -1.54. The molecule has 6 nitrogen and oxygen atoms in total. The Morgan fingerprint density at radius 2 is 2.00 bits per heavy atom. The van der Waals surface area contributed by atoms with Crippen LogP contribution in [-0.4, -0.2) is 44.8 Å². The third-order valence-electron chi connectivity index (χ3n) is 3.53. The van der Waals surface area contributed by atoms with Crippen LogP contribution in [0.4, 0.5) is 0 Å². The fourth-order valence-electron chi connectivity index (χ4n) is 2.35. The van der Waals surface area contributed by atoms with Crippen LogP contribution in [0.2, 0.25) is 0 Å². The average molecular weight is 324 g/mol. The van der Waals surface area contributed by atoms with Gasteiger partial charge in [-0.2, -0.15) is 0 Å². The van der Waals surface area contributed by atoms with Crippen LogP contribution < -0.4 is 10.2 Å². The van der Waals surface area contributed by atoms with E-state index in [-0.39, 0.29) is 11.2 Å². The topological polar surface area (TPSA) is 100 Å². The Kier molecular flexibility index (Phi) is 4.14. The fraction of sp³-hybridized carbons (Fsp3) is 0.400. The van der Waals surface area contributed by atoms with E-state index in [1.807, 2.05) is 0 Å². The van der Waals surface area contributed by atoms with Crippen molar-refractivity contribution >= 4 is 22.7 Å². The van der Waals surface area contributed by atoms with Crippen molar-refractivity contribution in [3.8, 4) is 5.75 Å². The molecule has 1 aromatic carbocycles. The van der Waals surface area contributed by atoms with Crippen molar-refractivity contribution in [2.75, 3.05) is 5.75 Å². The average Bonchev–Trinajstić information content (AvgIpc) is 2.47. The summed E-state index contributed by atoms with van der Waals surface area (Å²) in [5.41, 5.74) is -0.429. The minimum atomic E-state index is -1.24. The van der Waals surface area contributed by atoms with Crippen molar-refractivity contribution in [1.82, 2.24) is 0 Å². The summed E-state index contributed by atoms with van der Waals surface area (Å²) in [6, 6.07) is 6.20. The lowest BCUT2D eigenvalue weighted by molar-refractivity contribution is -0.0786. The van der Waals surface area contributed by atoms with E-state index in [0.29, 0.717) is 22.5 Å². The number of fused-ring (bicyclic) bond motifs is 1. The first kappa shape index (κ1) is 15.4. The number of ether oxygens (including phenoxy) is 1. The molecule has 2 heterocycles. The molecule has 1 aromatic heterocycles. The van der Waals surface area contributed by atoms with Crippen molar-refractivity contribution in [3.63, 3.8) is 0 Å². The molecule has 0 unspecified atom stereocenters. The zero-order valence-electron chi connectivity index (χ0n) is 11.8. The van der Waals surface area contributed by atoms with Crippen LogP contribution in [0, 0.1) is 6.92 Å². The largest absolute Gasteiger partial charge is 0.477 e. The highest BCUT2D eigenvalue weighted by Crippen LogP contribution is 2.30. The van der Waals surface area contributed by atoms with E-state index in [4.69, 9.17) is 9.15 Å². The standard InChI is InChI=1S/C15H16O6S/c1-7-4-10(16)9-3-2-8(5-12(9)20-7)21-15-14(19)13(18)11(17)6-22-15/h2-5,11,13-15,17-19H,6H2,1H3/t11-,13+,14-,15+/m1/s1. The van der Waals surface area contributed by atoms with E-state index in [2.05, 4.69) is 0 Å². The van der Waals surface area contributed by atoms with Gasteiger partial charge >= 0.3 is 0 Å². The molecule has 2 aromatic rings. The molecule has 3 N–H and O–H groups in total. The van der Waals surface area contributed by atoms with E-state index in [1.54, 1.807) is 25.1 Å². The predicted molar refractivity (Wildman–Crippen MR) is 82.1 cm³/mol. The molecule has 1 saturated heterocycles. The van der Waals surface area contributed by atoms with Crippen LogP contribution in [0.15, 0.2) is 33.5 Å². The number of benzene rings is 1. The molecular weight excluding hydrogens is 308 g/mol. The van der Waals surface area contributed by atoms with Gasteiger partial charge < -0.3 is 24.5 Å². The van der Waals surface area contributed by atoms with Gasteiger partial charge in [-0.1, -0.05) is 0 Å². The highest BCUT2D eigenvalue weighted by atomic mass is 32.2. The molecule has 22 heavy (non-hydrogen) atoms. The molecular formula is C15H16O6S. The number of hydrogen-bond donors (Lipinski definition) is 3. The zero-order valence-corrected chi connectivity index (χ0v) is 12.6. The van der Waals surface area contributed by atoms with Crippen LogP contribution in [0.25, 0.3) is 11.0 Å². The predicted octanol–water partition coefficient (Wildman–Crippen LogP) is 0.636. The van der Waals surface area contributed by atoms with Crippen molar-refractivity contribution < 1.29 is 24.5 Å². The first-order chi connectivity index (χ1) is 10.5. The van der Waals surface area contributed by atoms with Gasteiger partial charge in [-0.15, -0.1) is 11.8 Å². The van der Waals surface area contributed by atoms with Crippen molar-refractivity contribution in [3.05, 3.63) is 40.2 Å². The van der Waals surface area contributed by atoms with Gasteiger partial charge in [-0.25, -0.2) is 0 Å². The molecule has 118 valence electrons. The molecule has 1 fully saturated rings. The summed E-state index contributed by atoms with van der Waals surface area (Å²) in [6.45, 7) is 1.69. The van der Waals surface area contributed by atoms with E-state index >= 15 is 0 Å². The number of thioether (sulfide) groups is 1. The Bertz CT molecular complexity index is 742. The molecule has 0 spiro atoms. The van der Waals surface area contributed by atoms with E-state index in [1.165, 1.54) is 17.8 Å². The maximum Gasteiger partial charge on any atom is 0.192 e. The summed E-state index contributed by atoms with van der Waals surface area (Å²) in [4.78, 5) is 11.8. The second-order valence-electron chi connectivity index (χ2n) is 5.25. The van der Waals surface area contributed by atoms with Crippen LogP contribution in [0.5, 0.6) is 5.75 Å². The number of aliphatic hydroxyl groups excluding tert-OH is 3. The molecule has 4 atom stereocenters. The summed E-state index contributed by atoms with van der Waals surface area (Å²) >= 11 is 1.22. The molecule has 0 radical (unpaired) electrons. The number of aliphatic hydroxyl groups is 3. The third-order valence-corrected chi connectivity index (χ3v) is 4.77. The van der Waals surface area contributed by atoms with Gasteiger partial charge in [-0.3, -0.25) is 4.79 Å². The molecule has 1 aliphatic heterocycles. The normalized spacial score (nSPS) is 28.7. The highest BCUT2D eigenvalue weighted by Gasteiger charge is 2.38. The maximum atomic E-state index is 11.8. The Morgan fingerprint density at radius 1 is 1.23 bits per heavy atom. The van der Waals surface area contributed by atoms with Crippen molar-refractivity contribution in [2.24, 2.45) is 0 Å². The number of aryl methyl sites for hydroxylation is 1. The molecule has 7 heteroatoms. The Morgan fingerprint density at radius 3 is 2.77 bits per heavy atom. The van der Waals surface area contributed by atoms with Crippen molar-refractivity contribution in [2.45, 2.75) is 30.7 Å². The van der Waals surface area contributed by atoms with Gasteiger partial charge in [0.2, 0.25) is 0 Å². The SMILES string of the molecule is Cc1cc(=O)c2ccc(O[C@H]3SC[C@@H](O)[C@H](O)[C@H]3O)cc2o1. The molecule has 0 amide bonds. The summed E-state index contributed by atoms with van der Waals surface area (Å²) in [7, 11) is 0. The summed E-state index contributed by atoms with van der Waals surface area (Å²) in [6.07, 6.45) is -3.42. The van der Waals surface area contributed by atoms with Crippen LogP contribution in [0.1, 0.15) is 5.76 Å². The van der Waals surface area contributed by atoms with Crippen molar-refractivity contribution in [1.29, 1.82) is 0 Å². The van der Waals surface area contributed by atoms with Gasteiger partial charge in [0.05, 0.1) is 11.5 Å². The summed E-state index contributed by atoms with van der Waals surface area (Å²) < 4.78 is 11.2. The summed E-state index contributed by atoms with van der Waals surface area (Å²) in [5, 5.41) is 29.6. The number of hydrogen-bond acceptors (Lipinski definition) is 7. The smallest absolute Gasteiger partial charge is 0.192 e. The third kappa shape index (κ3) is 2.85. The van der Waals surface area contributed by atoms with Crippen LogP contribution in [-0.2, 0) is 0 Å². The summed E-state index contributed by atoms with van der Waals surface area (Å²) in [5.74, 6) is 1.19. The van der Waals surface area contributed by atoms with Gasteiger partial charge in [0.25, 0.3) is 0 Å². The second kappa shape index (κ2) is 5.92. The quantitative estimate of drug-likeness (QED) is 0.745. The van der Waals surface area contributed by atoms with Gasteiger partial charge in [0.1, 0.15) is 29.3 Å². The molecule has 1 aliphatic rings. The highest BCUT2D eigenvalue weighted by molar-refractivity contribution is 7.99. The first-order valence-electron chi connectivity index (χ1n) is 6.82. The molecule has 0 bridgehead atoms.